The minimum atomic E-state index is 1.27. The van der Waals surface area contributed by atoms with Crippen molar-refractivity contribution in [1.82, 2.24) is 0 Å². The summed E-state index contributed by atoms with van der Waals surface area (Å²) in [4.78, 5) is 0. The Morgan fingerprint density at radius 3 is 2.00 bits per heavy atom. The van der Waals surface area contributed by atoms with Gasteiger partial charge in [-0.05, 0) is 18.9 Å². The summed E-state index contributed by atoms with van der Waals surface area (Å²) in [6.07, 6.45) is 8.52. The third-order valence-electron chi connectivity index (χ3n) is 1.96. The zero-order valence-electron chi connectivity index (χ0n) is 7.30. The van der Waals surface area contributed by atoms with Gasteiger partial charge in [0, 0.05) is 12.8 Å². The lowest BCUT2D eigenvalue weighted by molar-refractivity contribution is -0.532. The van der Waals surface area contributed by atoms with Gasteiger partial charge in [-0.3, -0.25) is 0 Å². The third-order valence-corrected chi connectivity index (χ3v) is 4.18. The number of rotatable bonds is 0. The van der Waals surface area contributed by atoms with E-state index in [1.165, 1.54) is 36.7 Å². The zero-order chi connectivity index (χ0) is 8.10. The molecule has 0 bridgehead atoms. The summed E-state index contributed by atoms with van der Waals surface area (Å²) in [6, 6.07) is 0. The van der Waals surface area contributed by atoms with E-state index in [0.717, 1.165) is 0 Å². The summed E-state index contributed by atoms with van der Waals surface area (Å²) >= 11 is 3.76. The van der Waals surface area contributed by atoms with E-state index >= 15 is 0 Å². The van der Waals surface area contributed by atoms with E-state index in [9.17, 15) is 0 Å². The zero-order valence-corrected chi connectivity index (χ0v) is 8.93. The first-order valence-electron chi connectivity index (χ1n) is 4.08. The monoisotopic (exact) mass is 190 g/mol. The Kier molecular flexibility index (Phi) is 4.38. The second kappa shape index (κ2) is 5.09. The van der Waals surface area contributed by atoms with Crippen LogP contribution in [0.5, 0.6) is 0 Å². The van der Waals surface area contributed by atoms with Gasteiger partial charge in [-0.2, -0.15) is 0 Å². The molecule has 0 aromatic heterocycles. The highest BCUT2D eigenvalue weighted by atomic mass is 32.2. The Bertz CT molecular complexity index is 140. The van der Waals surface area contributed by atoms with Gasteiger partial charge in [0.25, 0.3) is 4.38 Å². The fourth-order valence-electron chi connectivity index (χ4n) is 1.42. The van der Waals surface area contributed by atoms with Crippen LogP contribution in [0.4, 0.5) is 0 Å². The highest BCUT2D eigenvalue weighted by Crippen LogP contribution is 2.14. The van der Waals surface area contributed by atoms with E-state index in [4.69, 9.17) is 0 Å². The summed E-state index contributed by atoms with van der Waals surface area (Å²) < 4.78 is 4.00. The first kappa shape index (κ1) is 9.46. The molecule has 1 heterocycles. The highest BCUT2D eigenvalue weighted by molar-refractivity contribution is 8.38. The summed E-state index contributed by atoms with van der Waals surface area (Å²) in [7, 11) is 0. The molecule has 0 saturated carbocycles. The van der Waals surface area contributed by atoms with Crippen LogP contribution in [0.2, 0.25) is 0 Å². The van der Waals surface area contributed by atoms with Gasteiger partial charge in [0.05, 0.1) is 0 Å². The van der Waals surface area contributed by atoms with Crippen molar-refractivity contribution in [3.8, 4) is 0 Å². The Balaban J connectivity index is 2.57. The fraction of sp³-hybridized carbons (Fsp3) is 0.875. The molecule has 1 rings (SSSR count). The summed E-state index contributed by atoms with van der Waals surface area (Å²) in [5.41, 5.74) is 0. The summed E-state index contributed by atoms with van der Waals surface area (Å²) in [6.45, 7) is 2.55. The van der Waals surface area contributed by atoms with Crippen molar-refractivity contribution in [2.45, 2.75) is 19.3 Å². The molecule has 1 saturated heterocycles. The fourth-order valence-corrected chi connectivity index (χ4v) is 2.97. The van der Waals surface area contributed by atoms with Crippen LogP contribution in [-0.4, -0.2) is 34.6 Å². The molecule has 0 aliphatic carbocycles. The van der Waals surface area contributed by atoms with Gasteiger partial charge in [0.2, 0.25) is 0 Å². The van der Waals surface area contributed by atoms with Gasteiger partial charge in [0.1, 0.15) is 13.1 Å². The predicted octanol–water partition coefficient (Wildman–Crippen LogP) is 2.26. The molecule has 0 aromatic carbocycles. The molecule has 1 aliphatic heterocycles. The normalized spacial score (nSPS) is 18.5. The van der Waals surface area contributed by atoms with Crippen LogP contribution in [0.15, 0.2) is 0 Å². The van der Waals surface area contributed by atoms with Crippen molar-refractivity contribution in [3.05, 3.63) is 0 Å². The van der Waals surface area contributed by atoms with E-state index < -0.39 is 0 Å². The average Bonchev–Trinajstić information content (AvgIpc) is 2.09. The molecular weight excluding hydrogens is 174 g/mol. The van der Waals surface area contributed by atoms with E-state index in [-0.39, 0.29) is 0 Å². The highest BCUT2D eigenvalue weighted by Gasteiger charge is 2.15. The van der Waals surface area contributed by atoms with Crippen molar-refractivity contribution in [3.63, 3.8) is 0 Å². The minimum absolute atomic E-state index is 1.27. The van der Waals surface area contributed by atoms with Crippen LogP contribution in [0.3, 0.4) is 0 Å². The van der Waals surface area contributed by atoms with Gasteiger partial charge in [-0.1, -0.05) is 23.5 Å². The molecule has 0 amide bonds. The average molecular weight is 190 g/mol. The van der Waals surface area contributed by atoms with E-state index in [1.807, 2.05) is 23.5 Å². The smallest absolute Gasteiger partial charge is 0.219 e. The van der Waals surface area contributed by atoms with Crippen LogP contribution in [0, 0.1) is 0 Å². The largest absolute Gasteiger partial charge is 0.269 e. The van der Waals surface area contributed by atoms with E-state index in [0.29, 0.717) is 0 Å². The van der Waals surface area contributed by atoms with Crippen molar-refractivity contribution in [1.29, 1.82) is 0 Å². The Morgan fingerprint density at radius 1 is 1.00 bits per heavy atom. The maximum absolute atomic E-state index is 2.51. The van der Waals surface area contributed by atoms with Gasteiger partial charge < -0.3 is 0 Å². The topological polar surface area (TPSA) is 3.01 Å². The molecule has 64 valence electrons. The molecular formula is C8H16NS2+. The second-order valence-electron chi connectivity index (χ2n) is 2.72. The lowest BCUT2D eigenvalue weighted by Crippen LogP contribution is -2.23. The van der Waals surface area contributed by atoms with E-state index in [2.05, 4.69) is 17.1 Å². The van der Waals surface area contributed by atoms with Crippen molar-refractivity contribution in [2.24, 2.45) is 0 Å². The number of hydrogen-bond donors (Lipinski definition) is 0. The Morgan fingerprint density at radius 2 is 1.55 bits per heavy atom. The van der Waals surface area contributed by atoms with Crippen LogP contribution in [0.25, 0.3) is 0 Å². The maximum atomic E-state index is 2.51. The number of nitrogens with zero attached hydrogens (tertiary/aromatic N) is 1. The molecule has 0 N–H and O–H groups in total. The van der Waals surface area contributed by atoms with Crippen molar-refractivity contribution >= 4 is 27.9 Å². The lowest BCUT2D eigenvalue weighted by atomic mass is 10.2. The predicted molar refractivity (Wildman–Crippen MR) is 55.9 cm³/mol. The second-order valence-corrected chi connectivity index (χ2v) is 4.57. The summed E-state index contributed by atoms with van der Waals surface area (Å²) in [5.74, 6) is 0. The minimum Gasteiger partial charge on any atom is -0.219 e. The van der Waals surface area contributed by atoms with Crippen molar-refractivity contribution < 1.29 is 4.58 Å². The number of piperidine rings is 1. The van der Waals surface area contributed by atoms with Gasteiger partial charge in [-0.15, -0.1) is 0 Å². The molecule has 0 aromatic rings. The lowest BCUT2D eigenvalue weighted by Gasteiger charge is -2.11. The van der Waals surface area contributed by atoms with Gasteiger partial charge in [-0.25, -0.2) is 4.58 Å². The molecule has 0 radical (unpaired) electrons. The number of hydrogen-bond acceptors (Lipinski definition) is 2. The molecule has 0 unspecified atom stereocenters. The Labute approximate surface area is 77.6 Å². The molecule has 1 nitrogen and oxygen atoms in total. The van der Waals surface area contributed by atoms with E-state index in [1.54, 1.807) is 0 Å². The molecule has 11 heavy (non-hydrogen) atoms. The third kappa shape index (κ3) is 2.71. The van der Waals surface area contributed by atoms with Crippen molar-refractivity contribution in [2.75, 3.05) is 25.6 Å². The molecule has 0 spiro atoms. The molecule has 0 atom stereocenters. The van der Waals surface area contributed by atoms with Gasteiger partial charge in [0.15, 0.2) is 0 Å². The SMILES string of the molecule is CSC(SC)=[N+]1CCCCC1. The summed E-state index contributed by atoms with van der Waals surface area (Å²) in [5, 5.41) is 0. The molecule has 3 heteroatoms. The quantitative estimate of drug-likeness (QED) is 0.426. The van der Waals surface area contributed by atoms with Crippen LogP contribution in [-0.2, 0) is 0 Å². The molecule has 1 fully saturated rings. The maximum Gasteiger partial charge on any atom is 0.269 e. The first-order valence-corrected chi connectivity index (χ1v) is 6.53. The molecule has 1 aliphatic rings. The van der Waals surface area contributed by atoms with Crippen LogP contribution in [0.1, 0.15) is 19.3 Å². The van der Waals surface area contributed by atoms with Gasteiger partial charge >= 0.3 is 0 Å². The number of thioether (sulfide) groups is 2. The Hall–Kier alpha value is 0.370. The standard InChI is InChI=1S/C8H16NS2/c1-10-8(11-2)9-6-4-3-5-7-9/h3-7H2,1-2H3/q+1. The first-order chi connectivity index (χ1) is 5.38. The van der Waals surface area contributed by atoms with Crippen LogP contribution < -0.4 is 0 Å². The van der Waals surface area contributed by atoms with Crippen LogP contribution >= 0.6 is 23.5 Å².